The number of hydrogen-bond acceptors (Lipinski definition) is 11. The zero-order valence-electron chi connectivity index (χ0n) is 34.6. The average molecular weight is 853 g/mol. The van der Waals surface area contributed by atoms with Crippen molar-refractivity contribution >= 4 is 21.7 Å². The summed E-state index contributed by atoms with van der Waals surface area (Å²) in [5.74, 6) is -0.861. The minimum Gasteiger partial charge on any atom is -0.459 e. The van der Waals surface area contributed by atoms with Gasteiger partial charge in [-0.3, -0.25) is 14.9 Å². The van der Waals surface area contributed by atoms with Gasteiger partial charge in [0.15, 0.2) is 11.2 Å². The number of para-hydroxylation sites is 1. The van der Waals surface area contributed by atoms with Crippen LogP contribution in [0.3, 0.4) is 0 Å². The minimum atomic E-state index is -4.90. The standard InChI is InChI=1S/C47H52N2O11S/c1-47(2,3)60-45(50)39(29-34-19-9-5-10-20-34)48(61(53,54)41-28-18-17-27-38(41)49(51)52)30-40-42(56-31-35-21-11-6-12-22-35)43(57-32-36-23-13-7-14-24-36)44(46(55-4)59-40)58-33-37-25-15-8-16-26-37/h5-28,39-40,42-44,46H,29-33H2,1-4H3/t39-,40-,42-,43+,44-,46+/m1/s1. The van der Waals surface area contributed by atoms with Crippen molar-refractivity contribution in [1.29, 1.82) is 0 Å². The molecule has 0 amide bonds. The Kier molecular flexibility index (Phi) is 15.5. The highest BCUT2D eigenvalue weighted by molar-refractivity contribution is 7.89. The predicted molar refractivity (Wildman–Crippen MR) is 227 cm³/mol. The van der Waals surface area contributed by atoms with Crippen molar-refractivity contribution in [3.63, 3.8) is 0 Å². The molecule has 5 aromatic carbocycles. The van der Waals surface area contributed by atoms with Gasteiger partial charge < -0.3 is 28.4 Å². The van der Waals surface area contributed by atoms with E-state index in [4.69, 9.17) is 28.4 Å². The maximum Gasteiger partial charge on any atom is 0.325 e. The molecule has 1 heterocycles. The van der Waals surface area contributed by atoms with E-state index in [1.165, 1.54) is 19.2 Å². The third-order valence-corrected chi connectivity index (χ3v) is 11.9. The number of methoxy groups -OCH3 is 1. The number of carbonyl (C=O) groups excluding carboxylic acids is 1. The van der Waals surface area contributed by atoms with Gasteiger partial charge in [-0.05, 0) is 55.5 Å². The molecular formula is C47H52N2O11S. The molecule has 6 atom stereocenters. The summed E-state index contributed by atoms with van der Waals surface area (Å²) in [6.07, 6.45) is -5.38. The Labute approximate surface area is 357 Å². The summed E-state index contributed by atoms with van der Waals surface area (Å²) in [5, 5.41) is 12.4. The number of benzene rings is 5. The van der Waals surface area contributed by atoms with Crippen molar-refractivity contribution in [3.05, 3.63) is 178 Å². The predicted octanol–water partition coefficient (Wildman–Crippen LogP) is 7.67. The highest BCUT2D eigenvalue weighted by Gasteiger charge is 2.52. The quantitative estimate of drug-likeness (QED) is 0.0457. The number of rotatable bonds is 19. The molecule has 1 aliphatic rings. The number of esters is 1. The minimum absolute atomic E-state index is 0.0655. The van der Waals surface area contributed by atoms with Gasteiger partial charge in [0.05, 0.1) is 24.7 Å². The van der Waals surface area contributed by atoms with Crippen LogP contribution in [0.4, 0.5) is 5.69 Å². The fourth-order valence-corrected chi connectivity index (χ4v) is 8.86. The lowest BCUT2D eigenvalue weighted by Crippen LogP contribution is -2.64. The van der Waals surface area contributed by atoms with E-state index in [-0.39, 0.29) is 26.2 Å². The lowest BCUT2D eigenvalue weighted by molar-refractivity contribution is -0.387. The van der Waals surface area contributed by atoms with Crippen molar-refractivity contribution in [2.75, 3.05) is 13.7 Å². The van der Waals surface area contributed by atoms with Crippen LogP contribution in [-0.4, -0.2) is 79.6 Å². The largest absolute Gasteiger partial charge is 0.459 e. The van der Waals surface area contributed by atoms with Crippen LogP contribution in [0.1, 0.15) is 43.0 Å². The van der Waals surface area contributed by atoms with Gasteiger partial charge in [-0.25, -0.2) is 8.42 Å². The molecule has 61 heavy (non-hydrogen) atoms. The molecule has 0 unspecified atom stereocenters. The summed E-state index contributed by atoms with van der Waals surface area (Å²) in [6, 6.07) is 40.9. The average Bonchev–Trinajstić information content (AvgIpc) is 3.26. The van der Waals surface area contributed by atoms with E-state index in [1.54, 1.807) is 51.1 Å². The molecule has 14 heteroatoms. The molecule has 0 aromatic heterocycles. The Morgan fingerprint density at radius 2 is 1.13 bits per heavy atom. The molecule has 1 aliphatic heterocycles. The molecule has 0 N–H and O–H groups in total. The topological polar surface area (TPSA) is 153 Å². The molecule has 6 rings (SSSR count). The molecule has 1 fully saturated rings. The maximum atomic E-state index is 15.2. The SMILES string of the molecule is CO[C@H]1O[C@H](CN([C@H](Cc2ccccc2)C(=O)OC(C)(C)C)S(=O)(=O)c2ccccc2[N+](=O)[O-])[C@@H](OCc2ccccc2)[C@H](OCc2ccccc2)[C@H]1OCc1ccccc1. The van der Waals surface area contributed by atoms with Crippen LogP contribution >= 0.6 is 0 Å². The van der Waals surface area contributed by atoms with Crippen LogP contribution in [0.5, 0.6) is 0 Å². The van der Waals surface area contributed by atoms with E-state index in [1.807, 2.05) is 91.0 Å². The molecule has 1 saturated heterocycles. The van der Waals surface area contributed by atoms with Gasteiger partial charge in [0, 0.05) is 19.7 Å². The van der Waals surface area contributed by atoms with Crippen LogP contribution in [-0.2, 0) is 69.5 Å². The van der Waals surface area contributed by atoms with Gasteiger partial charge >= 0.3 is 5.97 Å². The molecule has 0 radical (unpaired) electrons. The highest BCUT2D eigenvalue weighted by Crippen LogP contribution is 2.35. The number of nitro benzene ring substituents is 1. The first-order valence-corrected chi connectivity index (χ1v) is 21.4. The van der Waals surface area contributed by atoms with Crippen molar-refractivity contribution in [3.8, 4) is 0 Å². The maximum absolute atomic E-state index is 15.2. The number of sulfonamides is 1. The van der Waals surface area contributed by atoms with Gasteiger partial charge in [0.25, 0.3) is 15.7 Å². The first-order chi connectivity index (χ1) is 29.3. The van der Waals surface area contributed by atoms with Crippen LogP contribution in [0.25, 0.3) is 0 Å². The molecule has 322 valence electrons. The number of carbonyl (C=O) groups is 1. The van der Waals surface area contributed by atoms with Gasteiger partial charge in [0.1, 0.15) is 36.1 Å². The summed E-state index contributed by atoms with van der Waals surface area (Å²) < 4.78 is 70.0. The summed E-state index contributed by atoms with van der Waals surface area (Å²) in [7, 11) is -3.46. The van der Waals surface area contributed by atoms with Gasteiger partial charge in [-0.1, -0.05) is 133 Å². The second kappa shape index (κ2) is 21.0. The monoisotopic (exact) mass is 852 g/mol. The normalized spacial score (nSPS) is 19.9. The van der Waals surface area contributed by atoms with E-state index in [2.05, 4.69) is 0 Å². The first kappa shape index (κ1) is 45.2. The van der Waals surface area contributed by atoms with E-state index in [0.717, 1.165) is 33.1 Å². The van der Waals surface area contributed by atoms with Crippen molar-refractivity contribution in [2.45, 2.75) is 94.3 Å². The summed E-state index contributed by atoms with van der Waals surface area (Å²) in [6.45, 7) is 4.84. The van der Waals surface area contributed by atoms with Gasteiger partial charge in [-0.2, -0.15) is 4.31 Å². The molecule has 0 saturated carbocycles. The fourth-order valence-electron chi connectivity index (χ4n) is 7.11. The van der Waals surface area contributed by atoms with E-state index >= 15 is 8.42 Å². The lowest BCUT2D eigenvalue weighted by Gasteiger charge is -2.47. The smallest absolute Gasteiger partial charge is 0.325 e. The van der Waals surface area contributed by atoms with Gasteiger partial charge in [-0.15, -0.1) is 0 Å². The Bertz CT molecular complexity index is 2260. The van der Waals surface area contributed by atoms with Crippen LogP contribution in [0.15, 0.2) is 150 Å². The Hall–Kier alpha value is -5.32. The van der Waals surface area contributed by atoms with Crippen molar-refractivity contribution < 1.29 is 46.6 Å². The molecule has 13 nitrogen and oxygen atoms in total. The fraction of sp³-hybridized carbons (Fsp3) is 0.340. The second-order valence-corrected chi connectivity index (χ2v) is 17.5. The van der Waals surface area contributed by atoms with E-state index in [9.17, 15) is 14.9 Å². The summed E-state index contributed by atoms with van der Waals surface area (Å²) >= 11 is 0. The van der Waals surface area contributed by atoms with Crippen molar-refractivity contribution in [2.24, 2.45) is 0 Å². The third-order valence-electron chi connectivity index (χ3n) is 9.99. The first-order valence-electron chi connectivity index (χ1n) is 20.0. The van der Waals surface area contributed by atoms with Crippen LogP contribution in [0.2, 0.25) is 0 Å². The van der Waals surface area contributed by atoms with Crippen LogP contribution < -0.4 is 0 Å². The third kappa shape index (κ3) is 12.2. The van der Waals surface area contributed by atoms with E-state index < -0.39 is 80.4 Å². The Morgan fingerprint density at radius 3 is 1.61 bits per heavy atom. The summed E-state index contributed by atoms with van der Waals surface area (Å²) in [4.78, 5) is 25.5. The van der Waals surface area contributed by atoms with E-state index in [0.29, 0.717) is 5.56 Å². The number of nitro groups is 1. The molecule has 5 aromatic rings. The number of nitrogens with zero attached hydrogens (tertiary/aromatic N) is 2. The molecule has 0 aliphatic carbocycles. The lowest BCUT2D eigenvalue weighted by atomic mass is 9.96. The molecule has 0 spiro atoms. The number of ether oxygens (including phenoxy) is 6. The molecule has 0 bridgehead atoms. The molecular weight excluding hydrogens is 801 g/mol. The second-order valence-electron chi connectivity index (χ2n) is 15.6. The number of hydrogen-bond donors (Lipinski definition) is 0. The van der Waals surface area contributed by atoms with Gasteiger partial charge in [0.2, 0.25) is 0 Å². The highest BCUT2D eigenvalue weighted by atomic mass is 32.2. The summed E-state index contributed by atoms with van der Waals surface area (Å²) in [5.41, 5.74) is 1.49. The Balaban J connectivity index is 1.49. The zero-order valence-corrected chi connectivity index (χ0v) is 35.5. The van der Waals surface area contributed by atoms with Crippen molar-refractivity contribution in [1.82, 2.24) is 4.31 Å². The van der Waals surface area contributed by atoms with Crippen LogP contribution in [0, 0.1) is 10.1 Å². The zero-order chi connectivity index (χ0) is 43.4. The Morgan fingerprint density at radius 1 is 0.689 bits per heavy atom.